The number of hydrogen-bond donors (Lipinski definition) is 1. The summed E-state index contributed by atoms with van der Waals surface area (Å²) in [5.41, 5.74) is 1.75. The maximum Gasteiger partial charge on any atom is 0.265 e. The van der Waals surface area contributed by atoms with Crippen molar-refractivity contribution >= 4 is 23.2 Å². The molecule has 0 saturated carbocycles. The lowest BCUT2D eigenvalue weighted by atomic mass is 10.1. The second-order valence-electron chi connectivity index (χ2n) is 5.26. The molecule has 2 amide bonds. The van der Waals surface area contributed by atoms with Gasteiger partial charge in [0.2, 0.25) is 0 Å². The van der Waals surface area contributed by atoms with E-state index in [0.717, 1.165) is 0 Å². The van der Waals surface area contributed by atoms with Gasteiger partial charge in [-0.3, -0.25) is 9.59 Å². The Morgan fingerprint density at radius 1 is 1.29 bits per heavy atom. The van der Waals surface area contributed by atoms with Gasteiger partial charge in [-0.1, -0.05) is 12.1 Å². The summed E-state index contributed by atoms with van der Waals surface area (Å²) < 4.78 is 10.7. The predicted octanol–water partition coefficient (Wildman–Crippen LogP) is 2.69. The lowest BCUT2D eigenvalue weighted by molar-refractivity contribution is -0.121. The average molecular weight is 326 g/mol. The van der Waals surface area contributed by atoms with E-state index in [4.69, 9.17) is 9.47 Å². The fraction of sp³-hybridized carbons (Fsp3) is 0.222. The smallest absolute Gasteiger partial charge is 0.265 e. The second-order valence-corrected chi connectivity index (χ2v) is 5.26. The number of carbonyl (C=O) groups excluding carboxylic acids is 2. The molecule has 0 fully saturated rings. The number of para-hydroxylation sites is 1. The normalized spacial score (nSPS) is 13.1. The highest BCUT2D eigenvalue weighted by Crippen LogP contribution is 2.34. The number of nitrogens with one attached hydrogen (secondary N) is 1. The minimum Gasteiger partial charge on any atom is -0.496 e. The topological polar surface area (TPSA) is 67.9 Å². The molecule has 24 heavy (non-hydrogen) atoms. The Morgan fingerprint density at radius 3 is 2.83 bits per heavy atom. The van der Waals surface area contributed by atoms with E-state index < -0.39 is 0 Å². The number of anilines is 2. The molecule has 6 nitrogen and oxygen atoms in total. The molecule has 0 bridgehead atoms. The van der Waals surface area contributed by atoms with Crippen molar-refractivity contribution in [3.05, 3.63) is 48.0 Å². The number of carbonyl (C=O) groups is 2. The quantitative estimate of drug-likeness (QED) is 0.938. The Hall–Kier alpha value is -3.02. The van der Waals surface area contributed by atoms with Crippen molar-refractivity contribution in [2.45, 2.75) is 6.92 Å². The zero-order valence-corrected chi connectivity index (χ0v) is 13.5. The van der Waals surface area contributed by atoms with Gasteiger partial charge in [0.1, 0.15) is 11.5 Å². The number of benzene rings is 2. The zero-order valence-electron chi connectivity index (χ0n) is 13.5. The minimum absolute atomic E-state index is 0.00471. The molecular formula is C18H18N2O4. The summed E-state index contributed by atoms with van der Waals surface area (Å²) in [5.74, 6) is 0.740. The molecule has 0 aliphatic carbocycles. The van der Waals surface area contributed by atoms with Gasteiger partial charge in [0.15, 0.2) is 6.61 Å². The van der Waals surface area contributed by atoms with E-state index in [0.29, 0.717) is 35.0 Å². The van der Waals surface area contributed by atoms with Crippen LogP contribution in [0.3, 0.4) is 0 Å². The third-order valence-corrected chi connectivity index (χ3v) is 3.83. The van der Waals surface area contributed by atoms with E-state index >= 15 is 0 Å². The van der Waals surface area contributed by atoms with Crippen molar-refractivity contribution in [3.8, 4) is 11.5 Å². The van der Waals surface area contributed by atoms with Crippen LogP contribution in [0.25, 0.3) is 0 Å². The summed E-state index contributed by atoms with van der Waals surface area (Å²) in [4.78, 5) is 25.9. The summed E-state index contributed by atoms with van der Waals surface area (Å²) in [5, 5.41) is 2.82. The fourth-order valence-corrected chi connectivity index (χ4v) is 2.66. The first-order chi connectivity index (χ1) is 11.6. The zero-order chi connectivity index (χ0) is 17.1. The Kier molecular flexibility index (Phi) is 4.37. The summed E-state index contributed by atoms with van der Waals surface area (Å²) in [6.45, 7) is 2.48. The Morgan fingerprint density at radius 2 is 2.08 bits per heavy atom. The van der Waals surface area contributed by atoms with Crippen LogP contribution in [0.15, 0.2) is 42.5 Å². The maximum absolute atomic E-state index is 12.4. The molecule has 0 spiro atoms. The first kappa shape index (κ1) is 15.9. The van der Waals surface area contributed by atoms with Crippen LogP contribution in [-0.4, -0.2) is 32.1 Å². The van der Waals surface area contributed by atoms with E-state index in [1.54, 1.807) is 47.4 Å². The molecule has 0 saturated heterocycles. The van der Waals surface area contributed by atoms with Crippen LogP contribution in [-0.2, 0) is 4.79 Å². The van der Waals surface area contributed by atoms with Gasteiger partial charge in [-0.15, -0.1) is 0 Å². The average Bonchev–Trinajstić information content (AvgIpc) is 2.61. The number of likely N-dealkylation sites (N-methyl/N-ethyl adjacent to an activating group) is 1. The van der Waals surface area contributed by atoms with E-state index in [1.165, 1.54) is 7.11 Å². The summed E-state index contributed by atoms with van der Waals surface area (Å²) in [6, 6.07) is 12.2. The number of hydrogen-bond acceptors (Lipinski definition) is 4. The molecule has 0 unspecified atom stereocenters. The van der Waals surface area contributed by atoms with Crippen molar-refractivity contribution in [3.63, 3.8) is 0 Å². The van der Waals surface area contributed by atoms with Gasteiger partial charge in [-0.2, -0.15) is 0 Å². The standard InChI is InChI=1S/C18H18N2O4/c1-3-20-14-9-8-12(10-16(14)24-11-17(20)21)19-18(22)13-6-4-5-7-15(13)23-2/h4-10H,3,11H2,1-2H3,(H,19,22). The van der Waals surface area contributed by atoms with E-state index in [1.807, 2.05) is 6.92 Å². The van der Waals surface area contributed by atoms with Gasteiger partial charge >= 0.3 is 0 Å². The first-order valence-corrected chi connectivity index (χ1v) is 7.65. The van der Waals surface area contributed by atoms with E-state index in [2.05, 4.69) is 5.32 Å². The molecule has 1 aliphatic heterocycles. The SMILES string of the molecule is CCN1C(=O)COc2cc(NC(=O)c3ccccc3OC)ccc21. The maximum atomic E-state index is 12.4. The van der Waals surface area contributed by atoms with Gasteiger partial charge in [0.25, 0.3) is 11.8 Å². The Balaban J connectivity index is 1.84. The summed E-state index contributed by atoms with van der Waals surface area (Å²) in [6.07, 6.45) is 0. The number of methoxy groups -OCH3 is 1. The van der Waals surface area contributed by atoms with Crippen LogP contribution in [0, 0.1) is 0 Å². The van der Waals surface area contributed by atoms with Crippen molar-refractivity contribution < 1.29 is 19.1 Å². The second kappa shape index (κ2) is 6.62. The lowest BCUT2D eigenvalue weighted by Gasteiger charge is -2.28. The monoisotopic (exact) mass is 326 g/mol. The molecule has 1 aliphatic rings. The van der Waals surface area contributed by atoms with Crippen LogP contribution >= 0.6 is 0 Å². The van der Waals surface area contributed by atoms with E-state index in [-0.39, 0.29) is 18.4 Å². The highest BCUT2D eigenvalue weighted by atomic mass is 16.5. The van der Waals surface area contributed by atoms with Crippen LogP contribution < -0.4 is 19.7 Å². The Bertz CT molecular complexity index is 788. The molecule has 0 atom stereocenters. The van der Waals surface area contributed by atoms with Crippen LogP contribution in [0.1, 0.15) is 17.3 Å². The molecule has 1 heterocycles. The lowest BCUT2D eigenvalue weighted by Crippen LogP contribution is -2.38. The highest BCUT2D eigenvalue weighted by molar-refractivity contribution is 6.06. The molecule has 0 radical (unpaired) electrons. The molecule has 6 heteroatoms. The molecule has 1 N–H and O–H groups in total. The van der Waals surface area contributed by atoms with Crippen molar-refractivity contribution in [2.75, 3.05) is 30.5 Å². The van der Waals surface area contributed by atoms with Gasteiger partial charge in [-0.05, 0) is 31.2 Å². The van der Waals surface area contributed by atoms with Gasteiger partial charge in [0.05, 0.1) is 18.4 Å². The minimum atomic E-state index is -0.272. The molecule has 2 aromatic carbocycles. The highest BCUT2D eigenvalue weighted by Gasteiger charge is 2.24. The van der Waals surface area contributed by atoms with Crippen molar-refractivity contribution in [2.24, 2.45) is 0 Å². The number of fused-ring (bicyclic) bond motifs is 1. The van der Waals surface area contributed by atoms with Gasteiger partial charge in [0, 0.05) is 18.3 Å². The molecule has 0 aromatic heterocycles. The third-order valence-electron chi connectivity index (χ3n) is 3.83. The predicted molar refractivity (Wildman–Crippen MR) is 90.9 cm³/mol. The number of rotatable bonds is 4. The number of ether oxygens (including phenoxy) is 2. The van der Waals surface area contributed by atoms with Gasteiger partial charge < -0.3 is 19.7 Å². The summed E-state index contributed by atoms with van der Waals surface area (Å²) in [7, 11) is 1.52. The molecular weight excluding hydrogens is 308 g/mol. The number of nitrogens with zero attached hydrogens (tertiary/aromatic N) is 1. The first-order valence-electron chi connectivity index (χ1n) is 7.65. The number of amides is 2. The third kappa shape index (κ3) is 2.90. The van der Waals surface area contributed by atoms with Gasteiger partial charge in [-0.25, -0.2) is 0 Å². The fourth-order valence-electron chi connectivity index (χ4n) is 2.66. The Labute approximate surface area is 140 Å². The van der Waals surface area contributed by atoms with Crippen LogP contribution in [0.2, 0.25) is 0 Å². The largest absolute Gasteiger partial charge is 0.496 e. The molecule has 2 aromatic rings. The van der Waals surface area contributed by atoms with Crippen molar-refractivity contribution in [1.29, 1.82) is 0 Å². The molecule has 124 valence electrons. The van der Waals surface area contributed by atoms with Crippen LogP contribution in [0.4, 0.5) is 11.4 Å². The molecule has 3 rings (SSSR count). The van der Waals surface area contributed by atoms with Crippen LogP contribution in [0.5, 0.6) is 11.5 Å². The van der Waals surface area contributed by atoms with Crippen molar-refractivity contribution in [1.82, 2.24) is 0 Å². The van der Waals surface area contributed by atoms with E-state index in [9.17, 15) is 9.59 Å². The summed E-state index contributed by atoms with van der Waals surface area (Å²) >= 11 is 0.